The minimum absolute atomic E-state index is 0.0264. The van der Waals surface area contributed by atoms with Crippen LogP contribution in [-0.2, 0) is 11.2 Å². The van der Waals surface area contributed by atoms with Gasteiger partial charge in [-0.2, -0.15) is 0 Å². The van der Waals surface area contributed by atoms with Gasteiger partial charge in [-0.25, -0.2) is 0 Å². The SMILES string of the molecule is Cc1cccc(CCC(=O)NC2(CBr)CCCC(C)C2)c1. The molecule has 2 nitrogen and oxygen atoms in total. The average molecular weight is 352 g/mol. The second kappa shape index (κ2) is 7.44. The molecule has 0 spiro atoms. The number of aryl methyl sites for hydroxylation is 2. The Morgan fingerprint density at radius 2 is 2.29 bits per heavy atom. The first-order chi connectivity index (χ1) is 10.0. The second-order valence-corrected chi connectivity index (χ2v) is 7.21. The quantitative estimate of drug-likeness (QED) is 0.783. The van der Waals surface area contributed by atoms with Crippen molar-refractivity contribution < 1.29 is 4.79 Å². The Kier molecular flexibility index (Phi) is 5.86. The molecule has 1 aromatic rings. The number of hydrogen-bond acceptors (Lipinski definition) is 1. The Bertz CT molecular complexity index is 488. The third-order valence-electron chi connectivity index (χ3n) is 4.48. The highest BCUT2D eigenvalue weighted by atomic mass is 79.9. The van der Waals surface area contributed by atoms with E-state index in [0.717, 1.165) is 24.6 Å². The van der Waals surface area contributed by atoms with Gasteiger partial charge in [0.25, 0.3) is 0 Å². The Balaban J connectivity index is 1.88. The maximum atomic E-state index is 12.3. The largest absolute Gasteiger partial charge is 0.350 e. The van der Waals surface area contributed by atoms with E-state index in [9.17, 15) is 4.79 Å². The fourth-order valence-electron chi connectivity index (χ4n) is 3.41. The van der Waals surface area contributed by atoms with Gasteiger partial charge in [-0.1, -0.05) is 65.5 Å². The molecule has 0 heterocycles. The molecule has 3 heteroatoms. The fourth-order valence-corrected chi connectivity index (χ4v) is 4.06. The summed E-state index contributed by atoms with van der Waals surface area (Å²) in [5, 5.41) is 4.17. The van der Waals surface area contributed by atoms with Gasteiger partial charge in [0.1, 0.15) is 0 Å². The lowest BCUT2D eigenvalue weighted by Gasteiger charge is -2.39. The zero-order chi connectivity index (χ0) is 15.3. The third-order valence-corrected chi connectivity index (χ3v) is 5.55. The number of carbonyl (C=O) groups excluding carboxylic acids is 1. The molecule has 1 aliphatic carbocycles. The van der Waals surface area contributed by atoms with Crippen LogP contribution in [-0.4, -0.2) is 16.8 Å². The molecule has 1 N–H and O–H groups in total. The molecular formula is C18H26BrNO. The fraction of sp³-hybridized carbons (Fsp3) is 0.611. The highest BCUT2D eigenvalue weighted by Gasteiger charge is 2.35. The van der Waals surface area contributed by atoms with E-state index < -0.39 is 0 Å². The van der Waals surface area contributed by atoms with Gasteiger partial charge in [-0.15, -0.1) is 0 Å². The van der Waals surface area contributed by atoms with Gasteiger partial charge in [0.2, 0.25) is 5.91 Å². The summed E-state index contributed by atoms with van der Waals surface area (Å²) in [5.41, 5.74) is 2.47. The molecule has 0 radical (unpaired) electrons. The van der Waals surface area contributed by atoms with Crippen LogP contribution in [0.1, 0.15) is 50.2 Å². The van der Waals surface area contributed by atoms with Crippen LogP contribution in [0.4, 0.5) is 0 Å². The molecule has 1 saturated carbocycles. The van der Waals surface area contributed by atoms with E-state index in [1.165, 1.54) is 24.0 Å². The summed E-state index contributed by atoms with van der Waals surface area (Å²) in [6.45, 7) is 4.38. The van der Waals surface area contributed by atoms with E-state index in [-0.39, 0.29) is 11.4 Å². The van der Waals surface area contributed by atoms with E-state index in [2.05, 4.69) is 59.4 Å². The van der Waals surface area contributed by atoms with Crippen molar-refractivity contribution in [3.63, 3.8) is 0 Å². The van der Waals surface area contributed by atoms with Crippen molar-refractivity contribution in [2.45, 2.75) is 57.9 Å². The summed E-state index contributed by atoms with van der Waals surface area (Å²) in [7, 11) is 0. The summed E-state index contributed by atoms with van der Waals surface area (Å²) < 4.78 is 0. The van der Waals surface area contributed by atoms with Crippen LogP contribution in [0.15, 0.2) is 24.3 Å². The van der Waals surface area contributed by atoms with Gasteiger partial charge >= 0.3 is 0 Å². The van der Waals surface area contributed by atoms with Crippen molar-refractivity contribution in [1.29, 1.82) is 0 Å². The number of hydrogen-bond donors (Lipinski definition) is 1. The highest BCUT2D eigenvalue weighted by Crippen LogP contribution is 2.33. The highest BCUT2D eigenvalue weighted by molar-refractivity contribution is 9.09. The van der Waals surface area contributed by atoms with Gasteiger partial charge in [-0.3, -0.25) is 4.79 Å². The maximum Gasteiger partial charge on any atom is 0.220 e. The zero-order valence-corrected chi connectivity index (χ0v) is 14.7. The van der Waals surface area contributed by atoms with Crippen molar-refractivity contribution in [1.82, 2.24) is 5.32 Å². The molecule has 0 aliphatic heterocycles. The molecule has 2 rings (SSSR count). The van der Waals surface area contributed by atoms with E-state index >= 15 is 0 Å². The molecule has 21 heavy (non-hydrogen) atoms. The van der Waals surface area contributed by atoms with Gasteiger partial charge in [0, 0.05) is 17.3 Å². The summed E-state index contributed by atoms with van der Waals surface area (Å²) in [5.74, 6) is 0.887. The summed E-state index contributed by atoms with van der Waals surface area (Å²) in [6, 6.07) is 8.41. The molecule has 1 aromatic carbocycles. The molecule has 116 valence electrons. The van der Waals surface area contributed by atoms with Crippen LogP contribution in [0.2, 0.25) is 0 Å². The van der Waals surface area contributed by atoms with E-state index in [1.807, 2.05) is 0 Å². The van der Waals surface area contributed by atoms with Crippen LogP contribution >= 0.6 is 15.9 Å². The summed E-state index contributed by atoms with van der Waals surface area (Å²) >= 11 is 3.61. The smallest absolute Gasteiger partial charge is 0.220 e. The molecule has 0 bridgehead atoms. The lowest BCUT2D eigenvalue weighted by atomic mass is 9.77. The molecule has 1 fully saturated rings. The van der Waals surface area contributed by atoms with Crippen molar-refractivity contribution >= 4 is 21.8 Å². The number of carbonyl (C=O) groups is 1. The van der Waals surface area contributed by atoms with Crippen LogP contribution < -0.4 is 5.32 Å². The number of halogens is 1. The van der Waals surface area contributed by atoms with Gasteiger partial charge in [-0.05, 0) is 37.7 Å². The Morgan fingerprint density at radius 3 is 2.95 bits per heavy atom. The molecule has 0 saturated heterocycles. The molecule has 0 aromatic heterocycles. The van der Waals surface area contributed by atoms with E-state index in [4.69, 9.17) is 0 Å². The predicted molar refractivity (Wildman–Crippen MR) is 91.8 cm³/mol. The van der Waals surface area contributed by atoms with Gasteiger partial charge in [0.15, 0.2) is 0 Å². The number of nitrogens with one attached hydrogen (secondary N) is 1. The number of alkyl halides is 1. The molecular weight excluding hydrogens is 326 g/mol. The Morgan fingerprint density at radius 1 is 1.48 bits per heavy atom. The average Bonchev–Trinajstić information content (AvgIpc) is 2.45. The summed E-state index contributed by atoms with van der Waals surface area (Å²) in [6.07, 6.45) is 6.08. The second-order valence-electron chi connectivity index (χ2n) is 6.65. The van der Waals surface area contributed by atoms with Crippen molar-refractivity contribution in [3.8, 4) is 0 Å². The van der Waals surface area contributed by atoms with E-state index in [1.54, 1.807) is 0 Å². The molecule has 2 unspecified atom stereocenters. The van der Waals surface area contributed by atoms with Crippen LogP contribution in [0.3, 0.4) is 0 Å². The molecule has 1 aliphatic rings. The van der Waals surface area contributed by atoms with Crippen LogP contribution in [0, 0.1) is 12.8 Å². The summed E-state index contributed by atoms with van der Waals surface area (Å²) in [4.78, 5) is 12.3. The third kappa shape index (κ3) is 4.84. The zero-order valence-electron chi connectivity index (χ0n) is 13.1. The van der Waals surface area contributed by atoms with Gasteiger partial charge < -0.3 is 5.32 Å². The van der Waals surface area contributed by atoms with Crippen molar-refractivity contribution in [2.75, 3.05) is 5.33 Å². The predicted octanol–water partition coefficient (Wildman–Crippen LogP) is 4.39. The van der Waals surface area contributed by atoms with Crippen molar-refractivity contribution in [2.24, 2.45) is 5.92 Å². The van der Waals surface area contributed by atoms with Crippen molar-refractivity contribution in [3.05, 3.63) is 35.4 Å². The topological polar surface area (TPSA) is 29.1 Å². The Hall–Kier alpha value is -0.830. The Labute approximate surface area is 136 Å². The normalized spacial score (nSPS) is 25.6. The standard InChI is InChI=1S/C18H26BrNO/c1-14-5-3-7-16(11-14)8-9-17(21)20-18(13-19)10-4-6-15(2)12-18/h3,5,7,11,15H,4,6,8-10,12-13H2,1-2H3,(H,20,21). The minimum atomic E-state index is -0.0264. The number of rotatable bonds is 5. The number of amides is 1. The maximum absolute atomic E-state index is 12.3. The van der Waals surface area contributed by atoms with Gasteiger partial charge in [0.05, 0.1) is 0 Å². The minimum Gasteiger partial charge on any atom is -0.350 e. The molecule has 1 amide bonds. The van der Waals surface area contributed by atoms with Crippen LogP contribution in [0.25, 0.3) is 0 Å². The van der Waals surface area contributed by atoms with E-state index in [0.29, 0.717) is 12.3 Å². The molecule has 2 atom stereocenters. The van der Waals surface area contributed by atoms with Crippen LogP contribution in [0.5, 0.6) is 0 Å². The number of benzene rings is 1. The lowest BCUT2D eigenvalue weighted by molar-refractivity contribution is -0.123. The first-order valence-corrected chi connectivity index (χ1v) is 9.08. The lowest BCUT2D eigenvalue weighted by Crippen LogP contribution is -2.52. The monoisotopic (exact) mass is 351 g/mol. The first-order valence-electron chi connectivity index (χ1n) is 7.95. The first kappa shape index (κ1) is 16.5.